The Hall–Kier alpha value is 0.255. The summed E-state index contributed by atoms with van der Waals surface area (Å²) in [5, 5.41) is 0. The molecule has 0 N–H and O–H groups in total. The van der Waals surface area contributed by atoms with Gasteiger partial charge in [0.25, 0.3) is 0 Å². The number of aliphatic imine (C=N–C) groups is 2. The molecule has 0 saturated carbocycles. The predicted molar refractivity (Wildman–Crippen MR) is 140 cm³/mol. The van der Waals surface area contributed by atoms with Gasteiger partial charge in [-0.1, -0.05) is 0 Å². The van der Waals surface area contributed by atoms with Crippen molar-refractivity contribution in [1.29, 1.82) is 0 Å². The molecular weight excluding hydrogens is 778 g/mol. The van der Waals surface area contributed by atoms with Crippen molar-refractivity contribution in [1.82, 2.24) is 9.97 Å². The normalized spacial score (nSPS) is 11.6. The van der Waals surface area contributed by atoms with Crippen LogP contribution in [0.15, 0.2) is 69.7 Å². The van der Waals surface area contributed by atoms with Gasteiger partial charge in [0.05, 0.1) is 39.1 Å². The third kappa shape index (κ3) is 13.9. The molecule has 3 rings (SSSR count). The standard InChI is InChI=1S/C22H22N4O3S.4ClH.Na.2Pd/c1-14-7-9-23-20(11-14)16(3)25-18-5-6-19(22(13-18)30(27,28)29)26-17(4)21-12-15(2)8-10-24-21;;;;;;;/h5-13H,1-4H3,(H,27,28,29);4*1H;;;/q;;;;;+1;2*+2/p-5. The molecule has 0 spiro atoms. The molecule has 0 atom stereocenters. The first kappa shape index (κ1) is 37.3. The van der Waals surface area contributed by atoms with E-state index in [9.17, 15) is 13.0 Å². The van der Waals surface area contributed by atoms with E-state index in [0.29, 0.717) is 28.5 Å². The molecule has 0 amide bonds. The SMILES string of the molecule is CC(=Nc1ccc(N=C(C)c2cc(C)ccn2)c(S(=O)(=O)[O-])c1)c1cc(C)ccn1.[Cl][Pd][Cl].[Cl][Pd][Cl].[Na+]. The van der Waals surface area contributed by atoms with E-state index in [1.165, 1.54) is 12.1 Å². The summed E-state index contributed by atoms with van der Waals surface area (Å²) in [7, 11) is 14.5. The molecule has 0 bridgehead atoms. The smallest absolute Gasteiger partial charge is 1.00 e. The van der Waals surface area contributed by atoms with Crippen molar-refractivity contribution in [2.45, 2.75) is 32.6 Å². The number of benzene rings is 1. The minimum Gasteiger partial charge on any atom is 1.00 e. The first-order chi connectivity index (χ1) is 17.0. The van der Waals surface area contributed by atoms with Crippen molar-refractivity contribution in [3.05, 3.63) is 77.4 Å². The summed E-state index contributed by atoms with van der Waals surface area (Å²) in [5.41, 5.74) is 4.78. The Labute approximate surface area is 272 Å². The monoisotopic (exact) mass is 796 g/mol. The summed E-state index contributed by atoms with van der Waals surface area (Å²) in [6.07, 6.45) is 3.33. The Kier molecular flexibility index (Phi) is 19.5. The summed E-state index contributed by atoms with van der Waals surface area (Å²) in [6, 6.07) is 11.8. The van der Waals surface area contributed by atoms with E-state index >= 15 is 0 Å². The van der Waals surface area contributed by atoms with Crippen LogP contribution in [0.2, 0.25) is 0 Å². The molecular formula is C22H21Cl4N4NaO3Pd2S. The molecule has 0 unspecified atom stereocenters. The number of hydrogen-bond donors (Lipinski definition) is 0. The second kappa shape index (κ2) is 19.4. The van der Waals surface area contributed by atoms with E-state index in [2.05, 4.69) is 20.0 Å². The molecule has 0 radical (unpaired) electrons. The topological polar surface area (TPSA) is 108 Å². The predicted octanol–water partition coefficient (Wildman–Crippen LogP) is 4.04. The number of hydrogen-bond acceptors (Lipinski definition) is 7. The van der Waals surface area contributed by atoms with E-state index in [0.717, 1.165) is 11.1 Å². The van der Waals surface area contributed by atoms with Gasteiger partial charge in [-0.15, -0.1) is 0 Å². The summed E-state index contributed by atoms with van der Waals surface area (Å²) in [4.78, 5) is 16.8. The Morgan fingerprint density at radius 2 is 1.24 bits per heavy atom. The zero-order chi connectivity index (χ0) is 27.3. The average Bonchev–Trinajstić information content (AvgIpc) is 2.80. The minimum atomic E-state index is -4.76. The molecule has 0 fully saturated rings. The van der Waals surface area contributed by atoms with Gasteiger partial charge in [0, 0.05) is 12.4 Å². The number of nitrogens with zero attached hydrogens (tertiary/aromatic N) is 4. The zero-order valence-electron chi connectivity index (χ0n) is 20.3. The number of aromatic nitrogens is 2. The third-order valence-electron chi connectivity index (χ3n) is 4.37. The van der Waals surface area contributed by atoms with Crippen molar-refractivity contribution in [3.8, 4) is 0 Å². The van der Waals surface area contributed by atoms with E-state index < -0.39 is 15.0 Å². The van der Waals surface area contributed by atoms with Crippen molar-refractivity contribution >= 4 is 71.0 Å². The van der Waals surface area contributed by atoms with Crippen LogP contribution >= 0.6 is 38.1 Å². The second-order valence-electron chi connectivity index (χ2n) is 7.03. The molecule has 3 aromatic rings. The van der Waals surface area contributed by atoms with Crippen LogP contribution in [0, 0.1) is 13.8 Å². The molecule has 2 heterocycles. The quantitative estimate of drug-likeness (QED) is 0.220. The van der Waals surface area contributed by atoms with Crippen molar-refractivity contribution in [2.75, 3.05) is 0 Å². The molecule has 2 aromatic heterocycles. The Morgan fingerprint density at radius 1 is 0.811 bits per heavy atom. The summed E-state index contributed by atoms with van der Waals surface area (Å²) < 4.78 is 35.6. The second-order valence-corrected chi connectivity index (χ2v) is 13.1. The van der Waals surface area contributed by atoms with Gasteiger partial charge in [-0.05, 0) is 81.3 Å². The minimum absolute atomic E-state index is 0. The van der Waals surface area contributed by atoms with Crippen LogP contribution in [0.25, 0.3) is 0 Å². The zero-order valence-corrected chi connectivity index (χ0v) is 29.2. The molecule has 0 aliphatic rings. The Morgan fingerprint density at radius 3 is 1.65 bits per heavy atom. The maximum Gasteiger partial charge on any atom is 1.00 e. The van der Waals surface area contributed by atoms with E-state index in [1.807, 2.05) is 38.1 Å². The van der Waals surface area contributed by atoms with Gasteiger partial charge in [-0.25, -0.2) is 8.42 Å². The summed E-state index contributed by atoms with van der Waals surface area (Å²) in [6.45, 7) is 7.35. The van der Waals surface area contributed by atoms with Gasteiger partial charge < -0.3 is 4.55 Å². The molecule has 202 valence electrons. The van der Waals surface area contributed by atoms with Crippen LogP contribution in [0.3, 0.4) is 0 Å². The average molecular weight is 799 g/mol. The van der Waals surface area contributed by atoms with Crippen LogP contribution in [0.1, 0.15) is 36.4 Å². The largest absolute Gasteiger partial charge is 1.00 e. The van der Waals surface area contributed by atoms with E-state index in [1.54, 1.807) is 32.3 Å². The first-order valence-electron chi connectivity index (χ1n) is 9.68. The summed E-state index contributed by atoms with van der Waals surface area (Å²) >= 11 is -0.211. The van der Waals surface area contributed by atoms with Crippen LogP contribution < -0.4 is 29.6 Å². The molecule has 0 saturated heterocycles. The number of pyridine rings is 2. The Balaban J connectivity index is 0.00000169. The van der Waals surface area contributed by atoms with Crippen molar-refractivity contribution in [3.63, 3.8) is 0 Å². The Bertz CT molecular complexity index is 1330. The number of halogens is 4. The van der Waals surface area contributed by atoms with Crippen LogP contribution in [-0.2, 0) is 42.0 Å². The fraction of sp³-hybridized carbons (Fsp3) is 0.182. The molecule has 1 aromatic carbocycles. The van der Waals surface area contributed by atoms with Crippen molar-refractivity contribution in [2.24, 2.45) is 9.98 Å². The van der Waals surface area contributed by atoms with Gasteiger partial charge >= 0.3 is 99.6 Å². The van der Waals surface area contributed by atoms with Gasteiger partial charge in [0.2, 0.25) is 0 Å². The first-order valence-corrected chi connectivity index (χ1v) is 19.1. The van der Waals surface area contributed by atoms with Crippen LogP contribution in [0.5, 0.6) is 0 Å². The molecule has 0 aliphatic heterocycles. The molecule has 0 aliphatic carbocycles. The maximum atomic E-state index is 11.9. The van der Waals surface area contributed by atoms with E-state index in [4.69, 9.17) is 38.1 Å². The molecule has 37 heavy (non-hydrogen) atoms. The fourth-order valence-corrected chi connectivity index (χ4v) is 3.46. The van der Waals surface area contributed by atoms with Gasteiger partial charge in [-0.2, -0.15) is 0 Å². The van der Waals surface area contributed by atoms with Gasteiger partial charge in [0.15, 0.2) is 0 Å². The van der Waals surface area contributed by atoms with Crippen LogP contribution in [0.4, 0.5) is 11.4 Å². The number of rotatable bonds is 5. The van der Waals surface area contributed by atoms with Gasteiger partial charge in [0.1, 0.15) is 10.1 Å². The molecule has 7 nitrogen and oxygen atoms in total. The fourth-order valence-electron chi connectivity index (χ4n) is 2.82. The number of aryl methyl sites for hydroxylation is 2. The van der Waals surface area contributed by atoms with Gasteiger partial charge in [-0.3, -0.25) is 20.0 Å². The third-order valence-corrected chi connectivity index (χ3v) is 5.24. The molecule has 15 heteroatoms. The maximum absolute atomic E-state index is 11.9. The summed E-state index contributed by atoms with van der Waals surface area (Å²) in [5.74, 6) is 0. The van der Waals surface area contributed by atoms with E-state index in [-0.39, 0.29) is 67.1 Å². The van der Waals surface area contributed by atoms with Crippen LogP contribution in [-0.4, -0.2) is 34.4 Å². The van der Waals surface area contributed by atoms with Crippen molar-refractivity contribution < 1.29 is 74.4 Å².